The van der Waals surface area contributed by atoms with Crippen LogP contribution in [-0.4, -0.2) is 60.9 Å². The van der Waals surface area contributed by atoms with E-state index in [0.29, 0.717) is 5.57 Å². The van der Waals surface area contributed by atoms with Crippen molar-refractivity contribution in [2.45, 2.75) is 44.2 Å². The fourth-order valence-electron chi connectivity index (χ4n) is 7.40. The molecule has 7 rings (SSSR count). The maximum absolute atomic E-state index is 15.2. The molecule has 3 aliphatic rings. The van der Waals surface area contributed by atoms with Crippen LogP contribution in [-0.2, 0) is 9.59 Å². The zero-order chi connectivity index (χ0) is 32.9. The van der Waals surface area contributed by atoms with Crippen molar-refractivity contribution in [3.63, 3.8) is 0 Å². The number of carbonyl (C=O) groups excluding carboxylic acids is 2. The van der Waals surface area contributed by atoms with Crippen LogP contribution < -0.4 is 10.2 Å². The summed E-state index contributed by atoms with van der Waals surface area (Å²) in [5, 5.41) is 3.35. The number of nitrogens with one attached hydrogen (secondary N) is 1. The van der Waals surface area contributed by atoms with E-state index in [4.69, 9.17) is 0 Å². The monoisotopic (exact) mass is 636 g/mol. The van der Waals surface area contributed by atoms with E-state index >= 15 is 4.79 Å². The number of fused-ring (bicyclic) bond motifs is 1. The fourth-order valence-corrected chi connectivity index (χ4v) is 7.40. The van der Waals surface area contributed by atoms with Crippen molar-refractivity contribution in [2.75, 3.05) is 38.1 Å². The summed E-state index contributed by atoms with van der Waals surface area (Å²) in [6.45, 7) is 3.71. The SMILES string of the molecule is CN1CCN(/C(=C/C(=C2\C(=O)N(C(C(=O)NC3CCCCC3)c3ccccc3)c3ccccc32)c2ccccc2)c2ccccc2)CC1. The number of hydrogen-bond donors (Lipinski definition) is 1. The zero-order valence-corrected chi connectivity index (χ0v) is 27.7. The van der Waals surface area contributed by atoms with Crippen molar-refractivity contribution in [1.29, 1.82) is 0 Å². The molecule has 2 fully saturated rings. The van der Waals surface area contributed by atoms with Gasteiger partial charge in [0, 0.05) is 43.5 Å². The van der Waals surface area contributed by atoms with E-state index in [1.807, 2.05) is 78.9 Å². The number of benzene rings is 4. The third-order valence-electron chi connectivity index (χ3n) is 9.99. The van der Waals surface area contributed by atoms with Crippen LogP contribution in [0.15, 0.2) is 121 Å². The van der Waals surface area contributed by atoms with Crippen LogP contribution in [0.5, 0.6) is 0 Å². The van der Waals surface area contributed by atoms with Crippen molar-refractivity contribution in [3.05, 3.63) is 144 Å². The average molecular weight is 637 g/mol. The van der Waals surface area contributed by atoms with Gasteiger partial charge in [-0.3, -0.25) is 14.5 Å². The summed E-state index contributed by atoms with van der Waals surface area (Å²) in [5.41, 5.74) is 7.03. The first-order valence-electron chi connectivity index (χ1n) is 17.4. The normalized spacial score (nSPS) is 19.2. The van der Waals surface area contributed by atoms with Gasteiger partial charge in [0.25, 0.3) is 5.91 Å². The summed E-state index contributed by atoms with van der Waals surface area (Å²) in [6, 6.07) is 37.7. The predicted octanol–water partition coefficient (Wildman–Crippen LogP) is 7.42. The quantitative estimate of drug-likeness (QED) is 0.205. The molecule has 2 amide bonds. The van der Waals surface area contributed by atoms with Crippen molar-refractivity contribution in [1.82, 2.24) is 15.1 Å². The summed E-state index contributed by atoms with van der Waals surface area (Å²) in [7, 11) is 2.16. The molecule has 0 spiro atoms. The highest BCUT2D eigenvalue weighted by Crippen LogP contribution is 2.46. The standard InChI is InChI=1S/C42H44N4O2/c1-44-26-28-45(29-27-44)38(32-18-8-3-9-19-32)30-36(31-16-6-2-7-17-31)39-35-24-14-15-25-37(35)46(42(39)48)40(33-20-10-4-11-21-33)41(47)43-34-22-12-5-13-23-34/h2-4,6-11,14-21,24-25,30,34,40H,5,12-13,22-23,26-29H2,1H3,(H,43,47)/b38-30+,39-36+. The van der Waals surface area contributed by atoms with E-state index < -0.39 is 6.04 Å². The second kappa shape index (κ2) is 14.4. The van der Waals surface area contributed by atoms with Crippen molar-refractivity contribution >= 4 is 34.3 Å². The number of amides is 2. The Hall–Kier alpha value is -4.94. The number of piperazine rings is 1. The Balaban J connectivity index is 1.41. The number of allylic oxidation sites excluding steroid dienone is 2. The van der Waals surface area contributed by atoms with E-state index in [2.05, 4.69) is 64.6 Å². The van der Waals surface area contributed by atoms with Gasteiger partial charge < -0.3 is 15.1 Å². The van der Waals surface area contributed by atoms with Gasteiger partial charge >= 0.3 is 0 Å². The lowest BCUT2D eigenvalue weighted by Crippen LogP contribution is -2.46. The Labute approximate surface area is 284 Å². The molecule has 1 saturated heterocycles. The number of nitrogens with zero attached hydrogens (tertiary/aromatic N) is 3. The first kappa shape index (κ1) is 31.6. The molecule has 244 valence electrons. The smallest absolute Gasteiger partial charge is 0.260 e. The maximum atomic E-state index is 15.2. The number of likely N-dealkylation sites (N-methyl/N-ethyl adjacent to an activating group) is 1. The van der Waals surface area contributed by atoms with Gasteiger partial charge in [0.05, 0.1) is 11.3 Å². The van der Waals surface area contributed by atoms with E-state index in [1.165, 1.54) is 6.42 Å². The Morgan fingerprint density at radius 2 is 1.31 bits per heavy atom. The number of anilines is 1. The van der Waals surface area contributed by atoms with Crippen LogP contribution in [0.1, 0.15) is 60.4 Å². The van der Waals surface area contributed by atoms with E-state index in [9.17, 15) is 4.79 Å². The summed E-state index contributed by atoms with van der Waals surface area (Å²) in [4.78, 5) is 36.1. The second-order valence-electron chi connectivity index (χ2n) is 13.2. The van der Waals surface area contributed by atoms with Gasteiger partial charge in [-0.1, -0.05) is 128 Å². The lowest BCUT2D eigenvalue weighted by Gasteiger charge is -2.36. The number of hydrogen-bond acceptors (Lipinski definition) is 4. The molecule has 4 aromatic rings. The molecule has 1 N–H and O–H groups in total. The lowest BCUT2D eigenvalue weighted by atomic mass is 9.93. The summed E-state index contributed by atoms with van der Waals surface area (Å²) in [5.74, 6) is -0.290. The first-order valence-corrected chi connectivity index (χ1v) is 17.4. The van der Waals surface area contributed by atoms with Gasteiger partial charge in [-0.15, -0.1) is 0 Å². The molecule has 0 radical (unpaired) electrons. The molecule has 4 aromatic carbocycles. The van der Waals surface area contributed by atoms with Crippen LogP contribution >= 0.6 is 0 Å². The molecule has 2 aliphatic heterocycles. The maximum Gasteiger partial charge on any atom is 0.260 e. The van der Waals surface area contributed by atoms with Crippen molar-refractivity contribution in [3.8, 4) is 0 Å². The minimum atomic E-state index is -0.800. The van der Waals surface area contributed by atoms with Crippen molar-refractivity contribution in [2.24, 2.45) is 0 Å². The summed E-state index contributed by atoms with van der Waals surface area (Å²) < 4.78 is 0. The highest BCUT2D eigenvalue weighted by atomic mass is 16.2. The number of rotatable bonds is 8. The second-order valence-corrected chi connectivity index (χ2v) is 13.2. The lowest BCUT2D eigenvalue weighted by molar-refractivity contribution is -0.125. The fraction of sp³-hybridized carbons (Fsp3) is 0.286. The van der Waals surface area contributed by atoms with Gasteiger partial charge in [-0.25, -0.2) is 0 Å². The Morgan fingerprint density at radius 3 is 1.98 bits per heavy atom. The van der Waals surface area contributed by atoms with Gasteiger partial charge in [0.15, 0.2) is 0 Å². The predicted molar refractivity (Wildman–Crippen MR) is 195 cm³/mol. The molecule has 1 saturated carbocycles. The van der Waals surface area contributed by atoms with Crippen LogP contribution in [0.4, 0.5) is 5.69 Å². The van der Waals surface area contributed by atoms with Crippen LogP contribution in [0.25, 0.3) is 16.8 Å². The molecular formula is C42H44N4O2. The minimum Gasteiger partial charge on any atom is -0.368 e. The first-order chi connectivity index (χ1) is 23.6. The highest BCUT2D eigenvalue weighted by Gasteiger charge is 2.42. The molecule has 1 atom stereocenters. The van der Waals surface area contributed by atoms with Gasteiger partial charge in [0.1, 0.15) is 6.04 Å². The van der Waals surface area contributed by atoms with Crippen LogP contribution in [0, 0.1) is 0 Å². The summed E-state index contributed by atoms with van der Waals surface area (Å²) >= 11 is 0. The van der Waals surface area contributed by atoms with E-state index in [-0.39, 0.29) is 17.9 Å². The molecular weight excluding hydrogens is 592 g/mol. The Morgan fingerprint density at radius 1 is 0.729 bits per heavy atom. The van der Waals surface area contributed by atoms with E-state index in [0.717, 1.165) is 91.1 Å². The highest BCUT2D eigenvalue weighted by molar-refractivity contribution is 6.39. The molecule has 6 heteroatoms. The third-order valence-corrected chi connectivity index (χ3v) is 9.99. The zero-order valence-electron chi connectivity index (χ0n) is 27.7. The van der Waals surface area contributed by atoms with Crippen LogP contribution in [0.3, 0.4) is 0 Å². The number of carbonyl (C=O) groups is 2. The molecule has 1 aliphatic carbocycles. The summed E-state index contributed by atoms with van der Waals surface area (Å²) in [6.07, 6.45) is 7.59. The minimum absolute atomic E-state index is 0.125. The molecule has 0 bridgehead atoms. The molecule has 6 nitrogen and oxygen atoms in total. The number of para-hydroxylation sites is 1. The average Bonchev–Trinajstić information content (AvgIpc) is 3.42. The van der Waals surface area contributed by atoms with Gasteiger partial charge in [-0.2, -0.15) is 0 Å². The Bertz CT molecular complexity index is 1790. The molecule has 0 aromatic heterocycles. The topological polar surface area (TPSA) is 55.9 Å². The van der Waals surface area contributed by atoms with Gasteiger partial charge in [-0.05, 0) is 54.3 Å². The van der Waals surface area contributed by atoms with Gasteiger partial charge in [0.2, 0.25) is 5.91 Å². The molecule has 2 heterocycles. The Kier molecular flexibility index (Phi) is 9.53. The molecule has 48 heavy (non-hydrogen) atoms. The largest absolute Gasteiger partial charge is 0.368 e. The molecule has 1 unspecified atom stereocenters. The van der Waals surface area contributed by atoms with Crippen molar-refractivity contribution < 1.29 is 9.59 Å². The van der Waals surface area contributed by atoms with Crippen LogP contribution in [0.2, 0.25) is 0 Å². The third kappa shape index (κ3) is 6.58. The van der Waals surface area contributed by atoms with E-state index in [1.54, 1.807) is 4.90 Å².